The molecule has 1 fully saturated rings. The Morgan fingerprint density at radius 3 is 2.65 bits per heavy atom. The Kier molecular flexibility index (Phi) is 3.39. The first-order valence-corrected chi connectivity index (χ1v) is 5.34. The molecule has 0 aliphatic carbocycles. The van der Waals surface area contributed by atoms with Crippen LogP contribution >= 0.6 is 0 Å². The largest absolute Gasteiger partial charge is 0.380 e. The highest BCUT2D eigenvalue weighted by atomic mass is 16.5. The van der Waals surface area contributed by atoms with Crippen molar-refractivity contribution in [2.45, 2.75) is 6.61 Å². The van der Waals surface area contributed by atoms with Gasteiger partial charge in [-0.05, 0) is 17.7 Å². The molecule has 0 aromatic heterocycles. The fourth-order valence-corrected chi connectivity index (χ4v) is 1.83. The molecular weight excluding hydrogens is 220 g/mol. The highest BCUT2D eigenvalue weighted by Gasteiger charge is 2.22. The summed E-state index contributed by atoms with van der Waals surface area (Å²) in [4.78, 5) is 24.3. The van der Waals surface area contributed by atoms with E-state index < -0.39 is 0 Å². The van der Waals surface area contributed by atoms with Crippen molar-refractivity contribution in [2.75, 3.05) is 25.1 Å². The number of hydrogen-bond donors (Lipinski definition) is 1. The van der Waals surface area contributed by atoms with E-state index in [1.807, 2.05) is 24.3 Å². The van der Waals surface area contributed by atoms with Crippen LogP contribution in [0.15, 0.2) is 24.3 Å². The number of hydrogen-bond acceptors (Lipinski definition) is 4. The summed E-state index contributed by atoms with van der Waals surface area (Å²) < 4.78 is 5.05. The van der Waals surface area contributed by atoms with Crippen LogP contribution < -0.4 is 10.2 Å². The SMILES string of the molecule is COCc1cccc(N2CC(=O)NC(=O)C2)c1. The van der Waals surface area contributed by atoms with Crippen LogP contribution in [0.25, 0.3) is 0 Å². The van der Waals surface area contributed by atoms with Crippen molar-refractivity contribution >= 4 is 17.5 Å². The summed E-state index contributed by atoms with van der Waals surface area (Å²) in [6.45, 7) is 0.937. The number of piperazine rings is 1. The van der Waals surface area contributed by atoms with E-state index in [0.717, 1.165) is 11.3 Å². The predicted molar refractivity (Wildman–Crippen MR) is 62.5 cm³/mol. The zero-order valence-electron chi connectivity index (χ0n) is 9.60. The minimum Gasteiger partial charge on any atom is -0.380 e. The maximum atomic E-state index is 11.3. The molecule has 90 valence electrons. The molecule has 5 nitrogen and oxygen atoms in total. The van der Waals surface area contributed by atoms with Crippen molar-refractivity contribution in [3.05, 3.63) is 29.8 Å². The van der Waals surface area contributed by atoms with Gasteiger partial charge in [0.05, 0.1) is 19.7 Å². The molecule has 2 amide bonds. The topological polar surface area (TPSA) is 58.6 Å². The average Bonchev–Trinajstić information content (AvgIpc) is 2.28. The molecule has 1 N–H and O–H groups in total. The zero-order valence-corrected chi connectivity index (χ0v) is 9.60. The summed E-state index contributed by atoms with van der Waals surface area (Å²) in [7, 11) is 1.63. The molecule has 5 heteroatoms. The Morgan fingerprint density at radius 1 is 1.29 bits per heavy atom. The van der Waals surface area contributed by atoms with E-state index in [1.54, 1.807) is 12.0 Å². The molecule has 0 unspecified atom stereocenters. The first kappa shape index (κ1) is 11.6. The molecule has 1 aliphatic heterocycles. The number of ether oxygens (including phenoxy) is 1. The first-order valence-electron chi connectivity index (χ1n) is 5.34. The van der Waals surface area contributed by atoms with Gasteiger partial charge in [0, 0.05) is 12.8 Å². The Balaban J connectivity index is 2.18. The van der Waals surface area contributed by atoms with E-state index in [1.165, 1.54) is 0 Å². The molecule has 0 bridgehead atoms. The highest BCUT2D eigenvalue weighted by Crippen LogP contribution is 2.17. The van der Waals surface area contributed by atoms with Gasteiger partial charge in [-0.2, -0.15) is 0 Å². The Hall–Kier alpha value is -1.88. The van der Waals surface area contributed by atoms with E-state index in [-0.39, 0.29) is 24.9 Å². The van der Waals surface area contributed by atoms with Gasteiger partial charge in [0.1, 0.15) is 0 Å². The lowest BCUT2D eigenvalue weighted by atomic mass is 10.2. The van der Waals surface area contributed by atoms with Crippen molar-refractivity contribution in [3.8, 4) is 0 Å². The van der Waals surface area contributed by atoms with E-state index in [0.29, 0.717) is 6.61 Å². The standard InChI is InChI=1S/C12H14N2O3/c1-17-8-9-3-2-4-10(5-9)14-6-11(15)13-12(16)7-14/h2-5H,6-8H2,1H3,(H,13,15,16). The Bertz CT molecular complexity index is 429. The number of amides is 2. The van der Waals surface area contributed by atoms with Gasteiger partial charge in [-0.15, -0.1) is 0 Å². The number of imide groups is 1. The Morgan fingerprint density at radius 2 is 2.00 bits per heavy atom. The van der Waals surface area contributed by atoms with E-state index in [9.17, 15) is 9.59 Å². The lowest BCUT2D eigenvalue weighted by molar-refractivity contribution is -0.130. The molecule has 0 saturated carbocycles. The van der Waals surface area contributed by atoms with Gasteiger partial charge in [-0.1, -0.05) is 12.1 Å². The number of nitrogens with zero attached hydrogens (tertiary/aromatic N) is 1. The lowest BCUT2D eigenvalue weighted by Crippen LogP contribution is -2.51. The summed E-state index contributed by atoms with van der Waals surface area (Å²) in [6.07, 6.45) is 0. The second-order valence-corrected chi connectivity index (χ2v) is 3.93. The fourth-order valence-electron chi connectivity index (χ4n) is 1.83. The summed E-state index contributed by atoms with van der Waals surface area (Å²) in [6, 6.07) is 7.64. The van der Waals surface area contributed by atoms with Crippen molar-refractivity contribution in [2.24, 2.45) is 0 Å². The quantitative estimate of drug-likeness (QED) is 0.764. The molecule has 17 heavy (non-hydrogen) atoms. The third kappa shape index (κ3) is 2.82. The third-order valence-corrected chi connectivity index (χ3v) is 2.53. The second-order valence-electron chi connectivity index (χ2n) is 3.93. The lowest BCUT2D eigenvalue weighted by Gasteiger charge is -2.27. The minimum atomic E-state index is -0.265. The summed E-state index contributed by atoms with van der Waals surface area (Å²) in [5, 5.41) is 2.27. The van der Waals surface area contributed by atoms with Crippen LogP contribution in [0.5, 0.6) is 0 Å². The number of carbonyl (C=O) groups excluding carboxylic acids is 2. The van der Waals surface area contributed by atoms with Crippen molar-refractivity contribution < 1.29 is 14.3 Å². The molecule has 1 heterocycles. The maximum absolute atomic E-state index is 11.3. The minimum absolute atomic E-state index is 0.210. The molecule has 0 radical (unpaired) electrons. The summed E-state index contributed by atoms with van der Waals surface area (Å²) >= 11 is 0. The van der Waals surface area contributed by atoms with Gasteiger partial charge in [-0.25, -0.2) is 0 Å². The van der Waals surface area contributed by atoms with Gasteiger partial charge >= 0.3 is 0 Å². The molecular formula is C12H14N2O3. The van der Waals surface area contributed by atoms with Gasteiger partial charge in [-0.3, -0.25) is 14.9 Å². The predicted octanol–water partition coefficient (Wildman–Crippen LogP) is 0.296. The summed E-state index contributed by atoms with van der Waals surface area (Å²) in [5.41, 5.74) is 1.88. The number of rotatable bonds is 3. The van der Waals surface area contributed by atoms with Crippen LogP contribution in [-0.4, -0.2) is 32.0 Å². The zero-order chi connectivity index (χ0) is 12.3. The molecule has 1 aromatic carbocycles. The van der Waals surface area contributed by atoms with E-state index in [2.05, 4.69) is 5.32 Å². The monoisotopic (exact) mass is 234 g/mol. The van der Waals surface area contributed by atoms with Crippen LogP contribution in [0.2, 0.25) is 0 Å². The second kappa shape index (κ2) is 4.97. The normalized spacial score (nSPS) is 15.9. The number of carbonyl (C=O) groups is 2. The van der Waals surface area contributed by atoms with E-state index in [4.69, 9.17) is 4.74 Å². The van der Waals surface area contributed by atoms with Crippen molar-refractivity contribution in [3.63, 3.8) is 0 Å². The van der Waals surface area contributed by atoms with E-state index >= 15 is 0 Å². The number of methoxy groups -OCH3 is 1. The van der Waals surface area contributed by atoms with Gasteiger partial charge in [0.2, 0.25) is 11.8 Å². The molecule has 2 rings (SSSR count). The molecule has 0 spiro atoms. The smallest absolute Gasteiger partial charge is 0.246 e. The van der Waals surface area contributed by atoms with Crippen LogP contribution in [0, 0.1) is 0 Å². The van der Waals surface area contributed by atoms with Crippen LogP contribution in [-0.2, 0) is 20.9 Å². The van der Waals surface area contributed by atoms with Crippen molar-refractivity contribution in [1.29, 1.82) is 0 Å². The van der Waals surface area contributed by atoms with Crippen LogP contribution in [0.3, 0.4) is 0 Å². The molecule has 1 aliphatic rings. The van der Waals surface area contributed by atoms with Gasteiger partial charge in [0.25, 0.3) is 0 Å². The number of nitrogens with one attached hydrogen (secondary N) is 1. The fraction of sp³-hybridized carbons (Fsp3) is 0.333. The first-order chi connectivity index (χ1) is 8.19. The van der Waals surface area contributed by atoms with Gasteiger partial charge < -0.3 is 9.64 Å². The highest BCUT2D eigenvalue weighted by molar-refractivity contribution is 6.02. The van der Waals surface area contributed by atoms with Crippen LogP contribution in [0.4, 0.5) is 5.69 Å². The van der Waals surface area contributed by atoms with Crippen LogP contribution in [0.1, 0.15) is 5.56 Å². The van der Waals surface area contributed by atoms with Crippen molar-refractivity contribution in [1.82, 2.24) is 5.32 Å². The molecule has 1 saturated heterocycles. The molecule has 1 aromatic rings. The average molecular weight is 234 g/mol. The number of benzene rings is 1. The maximum Gasteiger partial charge on any atom is 0.246 e. The molecule has 0 atom stereocenters. The summed E-state index contributed by atoms with van der Waals surface area (Å²) in [5.74, 6) is -0.531. The van der Waals surface area contributed by atoms with Gasteiger partial charge in [0.15, 0.2) is 0 Å². The Labute approximate surface area is 99.4 Å². The number of anilines is 1. The third-order valence-electron chi connectivity index (χ3n) is 2.53.